The summed E-state index contributed by atoms with van der Waals surface area (Å²) in [5.74, 6) is -1.98. The van der Waals surface area contributed by atoms with E-state index in [9.17, 15) is 19.5 Å². The lowest BCUT2D eigenvalue weighted by Crippen LogP contribution is -2.60. The SMILES string of the molecule is C=CCCCOC(=O)[C@H]1[C@H]2C(=O)N([C@@H](CO)[C@@H](C)CC)C(C(=O)N(CC=C)C(C)CCC)C23CC(Br)[C@@H]1S3. The molecule has 3 rings (SSSR count). The predicted octanol–water partition coefficient (Wildman–Crippen LogP) is 4.57. The van der Waals surface area contributed by atoms with Crippen LogP contribution in [0.3, 0.4) is 0 Å². The van der Waals surface area contributed by atoms with Gasteiger partial charge in [-0.25, -0.2) is 0 Å². The third-order valence-electron chi connectivity index (χ3n) is 8.72. The lowest BCUT2D eigenvalue weighted by molar-refractivity contribution is -0.155. The molecule has 4 unspecified atom stereocenters. The Morgan fingerprint density at radius 3 is 2.61 bits per heavy atom. The first-order valence-electron chi connectivity index (χ1n) is 14.1. The Morgan fingerprint density at radius 2 is 2.03 bits per heavy atom. The van der Waals surface area contributed by atoms with Gasteiger partial charge >= 0.3 is 5.97 Å². The Morgan fingerprint density at radius 1 is 1.32 bits per heavy atom. The minimum atomic E-state index is -0.765. The van der Waals surface area contributed by atoms with Crippen molar-refractivity contribution in [3.63, 3.8) is 0 Å². The monoisotopic (exact) mass is 612 g/mol. The number of thioether (sulfide) groups is 1. The smallest absolute Gasteiger partial charge is 0.310 e. The minimum Gasteiger partial charge on any atom is -0.465 e. The normalized spacial score (nSPS) is 32.0. The molecular weight excluding hydrogens is 568 g/mol. The molecule has 214 valence electrons. The van der Waals surface area contributed by atoms with E-state index in [1.54, 1.807) is 28.8 Å². The van der Waals surface area contributed by atoms with Gasteiger partial charge in [-0.1, -0.05) is 61.7 Å². The maximum atomic E-state index is 14.5. The van der Waals surface area contributed by atoms with Gasteiger partial charge in [0.25, 0.3) is 0 Å². The number of esters is 1. The highest BCUT2D eigenvalue weighted by atomic mass is 79.9. The van der Waals surface area contributed by atoms with Gasteiger partial charge in [0.05, 0.1) is 35.8 Å². The number of halogens is 1. The van der Waals surface area contributed by atoms with E-state index in [4.69, 9.17) is 4.74 Å². The minimum absolute atomic E-state index is 0.0123. The number of ether oxygens (including phenoxy) is 1. The van der Waals surface area contributed by atoms with Crippen molar-refractivity contribution in [3.8, 4) is 0 Å². The topological polar surface area (TPSA) is 87.1 Å². The Bertz CT molecular complexity index is 902. The van der Waals surface area contributed by atoms with Crippen molar-refractivity contribution >= 4 is 45.5 Å². The molecule has 1 spiro atoms. The molecule has 2 bridgehead atoms. The molecule has 0 aromatic rings. The molecule has 0 aliphatic carbocycles. The van der Waals surface area contributed by atoms with Gasteiger partial charge in [-0.05, 0) is 38.5 Å². The van der Waals surface area contributed by atoms with Crippen LogP contribution in [0.5, 0.6) is 0 Å². The number of unbranched alkanes of at least 4 members (excludes halogenated alkanes) is 1. The molecule has 0 aromatic heterocycles. The van der Waals surface area contributed by atoms with Crippen molar-refractivity contribution in [2.75, 3.05) is 19.8 Å². The van der Waals surface area contributed by atoms with Gasteiger partial charge in [-0.2, -0.15) is 0 Å². The highest BCUT2D eigenvalue weighted by Gasteiger charge is 2.76. The number of likely N-dealkylation sites (tertiary alicyclic amines) is 1. The third kappa shape index (κ3) is 5.49. The number of hydrogen-bond acceptors (Lipinski definition) is 6. The molecular formula is C29H45BrN2O5S. The molecule has 38 heavy (non-hydrogen) atoms. The summed E-state index contributed by atoms with van der Waals surface area (Å²) in [7, 11) is 0. The van der Waals surface area contributed by atoms with E-state index in [-0.39, 0.29) is 53.0 Å². The fourth-order valence-electron chi connectivity index (χ4n) is 6.64. The van der Waals surface area contributed by atoms with Crippen LogP contribution in [-0.2, 0) is 19.1 Å². The van der Waals surface area contributed by atoms with Crippen LogP contribution < -0.4 is 0 Å². The fraction of sp³-hybridized carbons (Fsp3) is 0.759. The molecule has 0 aromatic carbocycles. The first-order valence-corrected chi connectivity index (χ1v) is 15.9. The van der Waals surface area contributed by atoms with E-state index in [1.807, 2.05) is 25.7 Å². The zero-order valence-electron chi connectivity index (χ0n) is 23.3. The molecule has 0 radical (unpaired) electrons. The van der Waals surface area contributed by atoms with Gasteiger partial charge in [0.15, 0.2) is 0 Å². The third-order valence-corrected chi connectivity index (χ3v) is 11.9. The number of aliphatic hydroxyl groups is 1. The van der Waals surface area contributed by atoms with Crippen molar-refractivity contribution in [2.45, 2.75) is 99.2 Å². The molecule has 9 atom stereocenters. The van der Waals surface area contributed by atoms with Crippen LogP contribution in [0.4, 0.5) is 0 Å². The summed E-state index contributed by atoms with van der Waals surface area (Å²) < 4.78 is 4.92. The summed E-state index contributed by atoms with van der Waals surface area (Å²) in [6.45, 7) is 16.2. The van der Waals surface area contributed by atoms with Crippen LogP contribution in [0.15, 0.2) is 25.3 Å². The van der Waals surface area contributed by atoms with Crippen molar-refractivity contribution < 1.29 is 24.2 Å². The number of fused-ring (bicyclic) bond motifs is 1. The average molecular weight is 614 g/mol. The average Bonchev–Trinajstić information content (AvgIpc) is 3.48. The van der Waals surface area contributed by atoms with Crippen LogP contribution in [0.1, 0.15) is 66.2 Å². The largest absolute Gasteiger partial charge is 0.465 e. The first kappa shape index (κ1) is 31.2. The second-order valence-electron chi connectivity index (χ2n) is 11.1. The molecule has 3 aliphatic rings. The summed E-state index contributed by atoms with van der Waals surface area (Å²) in [6, 6.07) is -1.30. The van der Waals surface area contributed by atoms with Gasteiger partial charge in [0, 0.05) is 22.7 Å². The molecule has 3 aliphatic heterocycles. The lowest BCUT2D eigenvalue weighted by atomic mass is 9.71. The Labute approximate surface area is 240 Å². The zero-order chi connectivity index (χ0) is 28.2. The van der Waals surface area contributed by atoms with Crippen molar-refractivity contribution in [1.29, 1.82) is 0 Å². The van der Waals surface area contributed by atoms with Crippen molar-refractivity contribution in [3.05, 3.63) is 25.3 Å². The van der Waals surface area contributed by atoms with Gasteiger partial charge in [0.1, 0.15) is 6.04 Å². The maximum Gasteiger partial charge on any atom is 0.310 e. The fourth-order valence-corrected chi connectivity index (χ4v) is 10.2. The van der Waals surface area contributed by atoms with E-state index in [2.05, 4.69) is 36.0 Å². The van der Waals surface area contributed by atoms with Crippen LogP contribution in [0, 0.1) is 17.8 Å². The summed E-state index contributed by atoms with van der Waals surface area (Å²) in [6.07, 6.45) is 8.07. The van der Waals surface area contributed by atoms with Gasteiger partial charge in [-0.3, -0.25) is 14.4 Å². The highest BCUT2D eigenvalue weighted by Crippen LogP contribution is 2.68. The zero-order valence-corrected chi connectivity index (χ0v) is 25.7. The van der Waals surface area contributed by atoms with E-state index in [0.717, 1.165) is 25.7 Å². The Hall–Kier alpha value is -1.32. The van der Waals surface area contributed by atoms with Crippen molar-refractivity contribution in [1.82, 2.24) is 9.80 Å². The number of allylic oxidation sites excluding steroid dienone is 1. The van der Waals surface area contributed by atoms with E-state index >= 15 is 0 Å². The van der Waals surface area contributed by atoms with Crippen LogP contribution in [0.2, 0.25) is 0 Å². The van der Waals surface area contributed by atoms with E-state index in [1.165, 1.54) is 0 Å². The van der Waals surface area contributed by atoms with E-state index in [0.29, 0.717) is 19.4 Å². The van der Waals surface area contributed by atoms with Gasteiger partial charge in [-0.15, -0.1) is 24.9 Å². The standard InChI is InChI=1S/C29H45BrN2O5S/c1-7-11-12-15-37-28(36)22-23-26(34)32(21(17-33)18(5)10-4)25(29(23)16-20(30)24(22)38-29)27(35)31(14-9-3)19(6)13-8-2/h7,9,18-25,33H,1,3,8,10-17H2,2,4-6H3/t18-,19?,20?,21-,22-,23-,24-,25?,29?/m0/s1. The summed E-state index contributed by atoms with van der Waals surface area (Å²) in [5.41, 5.74) is 0. The first-order chi connectivity index (χ1) is 18.1. The number of aliphatic hydroxyl groups excluding tert-OH is 1. The summed E-state index contributed by atoms with van der Waals surface area (Å²) in [4.78, 5) is 45.8. The molecule has 3 saturated heterocycles. The number of carbonyl (C=O) groups excluding carboxylic acids is 3. The predicted molar refractivity (Wildman–Crippen MR) is 156 cm³/mol. The molecule has 2 amide bonds. The quantitative estimate of drug-likeness (QED) is 0.126. The van der Waals surface area contributed by atoms with Crippen molar-refractivity contribution in [2.24, 2.45) is 17.8 Å². The molecule has 9 heteroatoms. The van der Waals surface area contributed by atoms with Gasteiger partial charge in [0.2, 0.25) is 11.8 Å². The lowest BCUT2D eigenvalue weighted by Gasteiger charge is -2.42. The number of alkyl halides is 1. The molecule has 3 heterocycles. The number of rotatable bonds is 15. The number of hydrogen-bond donors (Lipinski definition) is 1. The van der Waals surface area contributed by atoms with Crippen LogP contribution in [-0.4, -0.2) is 85.4 Å². The second kappa shape index (κ2) is 13.4. The highest BCUT2D eigenvalue weighted by molar-refractivity contribution is 9.09. The summed E-state index contributed by atoms with van der Waals surface area (Å²) in [5, 5.41) is 10.4. The second-order valence-corrected chi connectivity index (χ2v) is 13.8. The number of amides is 2. The maximum absolute atomic E-state index is 14.5. The van der Waals surface area contributed by atoms with E-state index < -0.39 is 28.7 Å². The van der Waals surface area contributed by atoms with Gasteiger partial charge < -0.3 is 19.6 Å². The number of carbonyl (C=O) groups is 3. The Balaban J connectivity index is 2.08. The molecule has 3 fully saturated rings. The molecule has 7 nitrogen and oxygen atoms in total. The summed E-state index contributed by atoms with van der Waals surface area (Å²) >= 11 is 5.41. The molecule has 0 saturated carbocycles. The number of nitrogens with zero attached hydrogens (tertiary/aromatic N) is 2. The molecule has 1 N–H and O–H groups in total. The Kier molecular flexibility index (Phi) is 11.0. The van der Waals surface area contributed by atoms with Crippen LogP contribution >= 0.6 is 27.7 Å². The van der Waals surface area contributed by atoms with Crippen LogP contribution in [0.25, 0.3) is 0 Å².